The molecule has 31 heavy (non-hydrogen) atoms. The average molecular weight is 405 g/mol. The minimum Gasteiger partial charge on any atom is -0.366 e. The molecule has 0 aromatic heterocycles. The second-order valence-electron chi connectivity index (χ2n) is 8.26. The Bertz CT molecular complexity index is 1170. The van der Waals surface area contributed by atoms with Crippen molar-refractivity contribution in [3.05, 3.63) is 131 Å². The van der Waals surface area contributed by atoms with Crippen LogP contribution < -0.4 is 0 Å². The molecule has 4 aromatic rings. The first-order valence-electron chi connectivity index (χ1n) is 10.6. The Balaban J connectivity index is 1.69. The molecule has 1 aliphatic heterocycles. The number of nitrogens with zero attached hydrogens (tertiary/aromatic N) is 1. The molecule has 1 fully saturated rings. The van der Waals surface area contributed by atoms with Crippen LogP contribution in [0.25, 0.3) is 11.1 Å². The largest absolute Gasteiger partial charge is 0.366 e. The number of likely N-dealkylation sites (N-methyl/N-ethyl adjacent to an activating group) is 1. The lowest BCUT2D eigenvalue weighted by atomic mass is 9.80. The van der Waals surface area contributed by atoms with E-state index in [9.17, 15) is 5.11 Å². The fourth-order valence-corrected chi connectivity index (χ4v) is 5.62. The summed E-state index contributed by atoms with van der Waals surface area (Å²) in [7, 11) is 2.06. The summed E-state index contributed by atoms with van der Waals surface area (Å²) in [5, 5.41) is 11.7. The molecule has 2 aliphatic rings. The monoisotopic (exact) mass is 405 g/mol. The van der Waals surface area contributed by atoms with E-state index in [1.165, 1.54) is 0 Å². The fraction of sp³-hybridized carbons (Fsp3) is 0.143. The van der Waals surface area contributed by atoms with E-state index in [1.807, 2.05) is 48.5 Å². The first-order chi connectivity index (χ1) is 15.2. The van der Waals surface area contributed by atoms with Gasteiger partial charge in [-0.05, 0) is 29.3 Å². The van der Waals surface area contributed by atoms with Crippen molar-refractivity contribution in [2.24, 2.45) is 0 Å². The highest BCUT2D eigenvalue weighted by Crippen LogP contribution is 2.60. The molecule has 1 aliphatic carbocycles. The normalized spacial score (nSPS) is 20.5. The standard InChI is InChI=1S/C28H23NO2/c1-29-27(20-12-4-2-5-13-20,21-14-6-3-7-15-21)26(30)31-28(29)24-18-10-8-16-22(24)23-17-9-11-19-25(23)28/h2-19,26,30H,1H3. The van der Waals surface area contributed by atoms with E-state index in [2.05, 4.69) is 72.6 Å². The van der Waals surface area contributed by atoms with Gasteiger partial charge in [0.2, 0.25) is 0 Å². The van der Waals surface area contributed by atoms with Gasteiger partial charge in [0, 0.05) is 11.1 Å². The topological polar surface area (TPSA) is 32.7 Å². The fourth-order valence-electron chi connectivity index (χ4n) is 5.62. The van der Waals surface area contributed by atoms with E-state index in [-0.39, 0.29) is 0 Å². The Morgan fingerprint density at radius 2 is 1.06 bits per heavy atom. The summed E-state index contributed by atoms with van der Waals surface area (Å²) in [6.45, 7) is 0. The lowest BCUT2D eigenvalue weighted by Gasteiger charge is -2.42. The van der Waals surface area contributed by atoms with Crippen LogP contribution in [-0.4, -0.2) is 23.3 Å². The average Bonchev–Trinajstić information content (AvgIpc) is 3.25. The second kappa shape index (κ2) is 6.63. The predicted octanol–water partition coefficient (Wildman–Crippen LogP) is 5.09. The zero-order valence-electron chi connectivity index (χ0n) is 17.3. The summed E-state index contributed by atoms with van der Waals surface area (Å²) in [4.78, 5) is 2.22. The van der Waals surface area contributed by atoms with Crippen molar-refractivity contribution in [2.75, 3.05) is 7.05 Å². The van der Waals surface area contributed by atoms with Gasteiger partial charge in [0.25, 0.3) is 0 Å². The van der Waals surface area contributed by atoms with Gasteiger partial charge in [0.05, 0.1) is 0 Å². The number of aliphatic hydroxyl groups is 1. The van der Waals surface area contributed by atoms with Crippen LogP contribution in [0.4, 0.5) is 0 Å². The molecule has 3 nitrogen and oxygen atoms in total. The van der Waals surface area contributed by atoms with Crippen LogP contribution in [0, 0.1) is 0 Å². The molecule has 1 N–H and O–H groups in total. The van der Waals surface area contributed by atoms with Crippen LogP contribution >= 0.6 is 0 Å². The SMILES string of the molecule is CN1C2(OC(O)C1(c1ccccc1)c1ccccc1)c1ccccc1-c1ccccc12. The number of aliphatic hydroxyl groups excluding tert-OH is 1. The van der Waals surface area contributed by atoms with Gasteiger partial charge in [-0.25, -0.2) is 0 Å². The van der Waals surface area contributed by atoms with Crippen molar-refractivity contribution in [1.29, 1.82) is 0 Å². The first-order valence-corrected chi connectivity index (χ1v) is 10.6. The van der Waals surface area contributed by atoms with Crippen molar-refractivity contribution in [3.8, 4) is 11.1 Å². The maximum atomic E-state index is 11.7. The summed E-state index contributed by atoms with van der Waals surface area (Å²) < 4.78 is 6.68. The van der Waals surface area contributed by atoms with Gasteiger partial charge in [-0.2, -0.15) is 0 Å². The lowest BCUT2D eigenvalue weighted by molar-refractivity contribution is -0.145. The molecule has 0 radical (unpaired) electrons. The van der Waals surface area contributed by atoms with Crippen molar-refractivity contribution < 1.29 is 9.84 Å². The Kier molecular flexibility index (Phi) is 3.96. The van der Waals surface area contributed by atoms with Crippen molar-refractivity contribution in [3.63, 3.8) is 0 Å². The third-order valence-electron chi connectivity index (χ3n) is 6.94. The zero-order chi connectivity index (χ0) is 21.1. The van der Waals surface area contributed by atoms with Crippen LogP contribution in [0.2, 0.25) is 0 Å². The summed E-state index contributed by atoms with van der Waals surface area (Å²) in [5.74, 6) is 0. The second-order valence-corrected chi connectivity index (χ2v) is 8.26. The van der Waals surface area contributed by atoms with E-state index >= 15 is 0 Å². The van der Waals surface area contributed by atoms with Gasteiger partial charge in [-0.15, -0.1) is 0 Å². The number of hydrogen-bond acceptors (Lipinski definition) is 3. The quantitative estimate of drug-likeness (QED) is 0.504. The number of benzene rings is 4. The molecule has 0 amide bonds. The van der Waals surface area contributed by atoms with Crippen LogP contribution in [0.5, 0.6) is 0 Å². The van der Waals surface area contributed by atoms with E-state index in [4.69, 9.17) is 4.74 Å². The van der Waals surface area contributed by atoms with Gasteiger partial charge in [0.15, 0.2) is 12.0 Å². The van der Waals surface area contributed by atoms with Gasteiger partial charge in [-0.1, -0.05) is 109 Å². The molecule has 1 spiro atoms. The van der Waals surface area contributed by atoms with E-state index < -0.39 is 17.6 Å². The first kappa shape index (κ1) is 18.5. The highest BCUT2D eigenvalue weighted by molar-refractivity contribution is 5.80. The molecule has 152 valence electrons. The predicted molar refractivity (Wildman–Crippen MR) is 121 cm³/mol. The Morgan fingerprint density at radius 3 is 1.55 bits per heavy atom. The summed E-state index contributed by atoms with van der Waals surface area (Å²) in [6, 6.07) is 37.1. The van der Waals surface area contributed by atoms with Crippen LogP contribution in [0.1, 0.15) is 22.3 Å². The van der Waals surface area contributed by atoms with E-state index in [1.54, 1.807) is 0 Å². The summed E-state index contributed by atoms with van der Waals surface area (Å²) in [5.41, 5.74) is 4.65. The van der Waals surface area contributed by atoms with Crippen molar-refractivity contribution in [2.45, 2.75) is 17.6 Å². The van der Waals surface area contributed by atoms with E-state index in [0.29, 0.717) is 0 Å². The van der Waals surface area contributed by atoms with Gasteiger partial charge in [-0.3, -0.25) is 4.90 Å². The number of rotatable bonds is 2. The minimum atomic E-state index is -1.07. The Hall–Kier alpha value is -3.24. The molecule has 6 rings (SSSR count). The molecule has 1 heterocycles. The molecule has 0 saturated carbocycles. The van der Waals surface area contributed by atoms with Gasteiger partial charge >= 0.3 is 0 Å². The maximum absolute atomic E-state index is 11.7. The minimum absolute atomic E-state index is 0.868. The molecule has 0 bridgehead atoms. The molecular weight excluding hydrogens is 382 g/mol. The zero-order valence-corrected chi connectivity index (χ0v) is 17.3. The number of ether oxygens (including phenoxy) is 1. The van der Waals surface area contributed by atoms with Gasteiger partial charge in [0.1, 0.15) is 5.54 Å². The smallest absolute Gasteiger partial charge is 0.184 e. The van der Waals surface area contributed by atoms with Crippen molar-refractivity contribution >= 4 is 0 Å². The molecule has 3 heteroatoms. The number of fused-ring (bicyclic) bond motifs is 5. The third kappa shape index (κ3) is 2.23. The highest BCUT2D eigenvalue weighted by Gasteiger charge is 2.65. The lowest BCUT2D eigenvalue weighted by Crippen LogP contribution is -2.51. The molecule has 1 atom stereocenters. The Labute approximate surface area is 182 Å². The molecule has 1 saturated heterocycles. The highest BCUT2D eigenvalue weighted by atomic mass is 16.6. The van der Waals surface area contributed by atoms with Gasteiger partial charge < -0.3 is 9.84 Å². The van der Waals surface area contributed by atoms with Crippen LogP contribution in [0.3, 0.4) is 0 Å². The van der Waals surface area contributed by atoms with Crippen molar-refractivity contribution in [1.82, 2.24) is 4.90 Å². The molecule has 1 unspecified atom stereocenters. The van der Waals surface area contributed by atoms with Crippen LogP contribution in [0.15, 0.2) is 109 Å². The summed E-state index contributed by atoms with van der Waals surface area (Å²) in [6.07, 6.45) is -1.07. The molecular formula is C28H23NO2. The number of hydrogen-bond donors (Lipinski definition) is 1. The third-order valence-corrected chi connectivity index (χ3v) is 6.94. The molecule has 4 aromatic carbocycles. The maximum Gasteiger partial charge on any atom is 0.184 e. The van der Waals surface area contributed by atoms with E-state index in [0.717, 1.165) is 33.4 Å². The summed E-state index contributed by atoms with van der Waals surface area (Å²) >= 11 is 0. The Morgan fingerprint density at radius 1 is 0.645 bits per heavy atom. The van der Waals surface area contributed by atoms with Crippen LogP contribution in [-0.2, 0) is 16.0 Å².